The zero-order valence-electron chi connectivity index (χ0n) is 32.0. The Labute approximate surface area is 300 Å². The molecule has 0 aromatic heterocycles. The molecule has 1 rings (SSSR count). The van der Waals surface area contributed by atoms with Crippen LogP contribution in [0.4, 0.5) is 0 Å². The third-order valence-electron chi connectivity index (χ3n) is 10.3. The van der Waals surface area contributed by atoms with Crippen molar-refractivity contribution in [3.05, 3.63) is 24.3 Å². The van der Waals surface area contributed by atoms with Gasteiger partial charge in [-0.25, -0.2) is 4.99 Å². The van der Waals surface area contributed by atoms with Crippen LogP contribution in [0.25, 0.3) is 0 Å². The third-order valence-corrected chi connectivity index (χ3v) is 10.3. The van der Waals surface area contributed by atoms with Crippen molar-refractivity contribution in [3.63, 3.8) is 0 Å². The Morgan fingerprint density at radius 1 is 0.638 bits per heavy atom. The first-order valence-corrected chi connectivity index (χ1v) is 20.5. The van der Waals surface area contributed by atoms with Crippen molar-refractivity contribution in [3.8, 4) is 0 Å². The smallest absolute Gasteiger partial charge is 0.224 e. The molecule has 2 atom stereocenters. The van der Waals surface area contributed by atoms with Gasteiger partial charge < -0.3 is 17.7 Å². The number of hydrogen-bond acceptors (Lipinski definition) is 2. The van der Waals surface area contributed by atoms with Crippen molar-refractivity contribution < 1.29 is 21.7 Å². The lowest BCUT2D eigenvalue weighted by atomic mass is 10.1. The van der Waals surface area contributed by atoms with Crippen molar-refractivity contribution in [2.75, 3.05) is 20.1 Å². The summed E-state index contributed by atoms with van der Waals surface area (Å²) in [6.07, 6.45) is 47.0. The molecule has 5 heteroatoms. The van der Waals surface area contributed by atoms with Crippen LogP contribution in [0.1, 0.15) is 207 Å². The molecule has 276 valence electrons. The monoisotopic (exact) mass is 678 g/mol. The number of quaternary nitrogens is 1. The Bertz CT molecular complexity index is 795. The number of likely N-dealkylation sites (N-methyl/N-ethyl adjacent to an activating group) is 1. The van der Waals surface area contributed by atoms with E-state index in [2.05, 4.69) is 57.4 Å². The van der Waals surface area contributed by atoms with Crippen LogP contribution in [-0.4, -0.2) is 42.5 Å². The minimum absolute atomic E-state index is 0. The number of unbranched alkanes of at least 4 members (excludes halogenated alkanes) is 23. The van der Waals surface area contributed by atoms with Gasteiger partial charge in [0.1, 0.15) is 6.54 Å². The highest BCUT2D eigenvalue weighted by molar-refractivity contribution is 5.78. The van der Waals surface area contributed by atoms with E-state index in [0.29, 0.717) is 6.42 Å². The van der Waals surface area contributed by atoms with E-state index in [-0.39, 0.29) is 24.5 Å². The van der Waals surface area contributed by atoms with Crippen LogP contribution >= 0.6 is 0 Å². The van der Waals surface area contributed by atoms with Gasteiger partial charge in [0, 0.05) is 19.8 Å². The summed E-state index contributed by atoms with van der Waals surface area (Å²) in [5, 5.41) is 3.34. The van der Waals surface area contributed by atoms with Gasteiger partial charge in [-0.15, -0.1) is 0 Å². The maximum Gasteiger partial charge on any atom is 0.224 e. The van der Waals surface area contributed by atoms with Gasteiger partial charge in [-0.2, -0.15) is 0 Å². The Hall–Kier alpha value is -1.13. The van der Waals surface area contributed by atoms with Crippen LogP contribution in [-0.2, 0) is 4.79 Å². The average molecular weight is 679 g/mol. The van der Waals surface area contributed by atoms with E-state index in [9.17, 15) is 4.79 Å². The van der Waals surface area contributed by atoms with Crippen LogP contribution < -0.4 is 17.7 Å². The molecule has 4 nitrogen and oxygen atoms in total. The average Bonchev–Trinajstić information content (AvgIpc) is 3.43. The summed E-state index contributed by atoms with van der Waals surface area (Å²) >= 11 is 0. The standard InChI is InChI=1S/C42H79N3O.ClH/c1-5-7-9-11-13-15-17-19-21-23-24-26-28-30-32-34-36-41-43-38-39-45(41,4)40(3)44-42(46)37-35-33-31-29-27-25-22-20-18-16-14-12-10-8-6-2;/h19-22,40H,5-18,23-39H2,1-4H3;1H/b21-19-,22-20-;. The van der Waals surface area contributed by atoms with Gasteiger partial charge in [0.05, 0.1) is 13.6 Å². The van der Waals surface area contributed by atoms with Gasteiger partial charge >= 0.3 is 0 Å². The molecule has 1 N–H and O–H groups in total. The lowest BCUT2D eigenvalue weighted by molar-refractivity contribution is -0.843. The number of allylic oxidation sites excluding steroid dienone is 4. The van der Waals surface area contributed by atoms with E-state index in [1.54, 1.807) is 0 Å². The second kappa shape index (κ2) is 33.4. The van der Waals surface area contributed by atoms with Crippen LogP contribution in [0.15, 0.2) is 29.3 Å². The van der Waals surface area contributed by atoms with E-state index >= 15 is 0 Å². The van der Waals surface area contributed by atoms with Crippen molar-refractivity contribution in [2.24, 2.45) is 4.99 Å². The van der Waals surface area contributed by atoms with Gasteiger partial charge in [-0.3, -0.25) is 9.28 Å². The Kier molecular flexibility index (Phi) is 32.6. The molecule has 47 heavy (non-hydrogen) atoms. The van der Waals surface area contributed by atoms with Crippen molar-refractivity contribution in [2.45, 2.75) is 213 Å². The first-order valence-electron chi connectivity index (χ1n) is 20.5. The molecule has 0 fully saturated rings. The molecule has 2 unspecified atom stereocenters. The van der Waals surface area contributed by atoms with Crippen molar-refractivity contribution >= 4 is 11.7 Å². The first kappa shape index (κ1) is 45.9. The van der Waals surface area contributed by atoms with E-state index in [4.69, 9.17) is 4.99 Å². The fourth-order valence-electron chi connectivity index (χ4n) is 6.76. The van der Waals surface area contributed by atoms with E-state index in [1.165, 1.54) is 166 Å². The van der Waals surface area contributed by atoms with E-state index in [0.717, 1.165) is 36.8 Å². The number of nitrogens with one attached hydrogen (secondary N) is 1. The largest absolute Gasteiger partial charge is 1.00 e. The van der Waals surface area contributed by atoms with E-state index < -0.39 is 0 Å². The predicted molar refractivity (Wildman–Crippen MR) is 204 cm³/mol. The van der Waals surface area contributed by atoms with Gasteiger partial charge in [0.25, 0.3) is 0 Å². The topological polar surface area (TPSA) is 41.5 Å². The number of carbonyl (C=O) groups excluding carboxylic acids is 1. The predicted octanol–water partition coefficient (Wildman–Crippen LogP) is 9.78. The molecule has 0 aromatic rings. The fourth-order valence-corrected chi connectivity index (χ4v) is 6.76. The molecular weight excluding hydrogens is 598 g/mol. The maximum atomic E-state index is 12.7. The number of carbonyl (C=O) groups is 1. The molecule has 1 heterocycles. The summed E-state index contributed by atoms with van der Waals surface area (Å²) in [5.41, 5.74) is 0. The SMILES string of the molecule is CCCCCCCC/C=C\CCCCCCCCC1=NCC[N+]1(C)C(C)NC(=O)CCCCCCC/C=C\CCCCCCCC.[Cl-]. The normalized spacial score (nSPS) is 17.0. The zero-order valence-corrected chi connectivity index (χ0v) is 32.7. The van der Waals surface area contributed by atoms with Gasteiger partial charge in [-0.05, 0) is 64.2 Å². The molecule has 0 radical (unpaired) electrons. The second-order valence-electron chi connectivity index (χ2n) is 14.6. The number of amidine groups is 1. The highest BCUT2D eigenvalue weighted by atomic mass is 35.5. The van der Waals surface area contributed by atoms with Crippen LogP contribution in [0, 0.1) is 0 Å². The number of halogens is 1. The highest BCUT2D eigenvalue weighted by Crippen LogP contribution is 2.21. The summed E-state index contributed by atoms with van der Waals surface area (Å²) in [6, 6.07) is 0. The molecule has 1 aliphatic rings. The lowest BCUT2D eigenvalue weighted by Gasteiger charge is -2.36. The minimum atomic E-state index is 0. The number of amides is 1. The van der Waals surface area contributed by atoms with Crippen LogP contribution in [0.3, 0.4) is 0 Å². The molecule has 0 bridgehead atoms. The van der Waals surface area contributed by atoms with Gasteiger partial charge in [0.15, 0.2) is 12.0 Å². The van der Waals surface area contributed by atoms with Crippen molar-refractivity contribution in [1.29, 1.82) is 0 Å². The molecule has 0 aliphatic carbocycles. The second-order valence-corrected chi connectivity index (χ2v) is 14.6. The summed E-state index contributed by atoms with van der Waals surface area (Å²) < 4.78 is 0.795. The summed E-state index contributed by atoms with van der Waals surface area (Å²) in [4.78, 5) is 17.6. The molecule has 1 aliphatic heterocycles. The fraction of sp³-hybridized carbons (Fsp3) is 0.857. The number of rotatable bonds is 33. The number of hydrogen-bond donors (Lipinski definition) is 1. The minimum Gasteiger partial charge on any atom is -1.00 e. The molecule has 0 saturated heterocycles. The Morgan fingerprint density at radius 2 is 1.02 bits per heavy atom. The Morgan fingerprint density at radius 3 is 1.47 bits per heavy atom. The third kappa shape index (κ3) is 25.5. The molecule has 0 saturated carbocycles. The van der Waals surface area contributed by atoms with Gasteiger partial charge in [0.2, 0.25) is 5.91 Å². The summed E-state index contributed by atoms with van der Waals surface area (Å²) in [6.45, 7) is 8.65. The number of aliphatic imine (C=N–C) groups is 1. The molecule has 1 amide bonds. The van der Waals surface area contributed by atoms with E-state index in [1.807, 2.05) is 0 Å². The zero-order chi connectivity index (χ0) is 33.4. The van der Waals surface area contributed by atoms with Gasteiger partial charge in [-0.1, -0.05) is 147 Å². The van der Waals surface area contributed by atoms with Crippen LogP contribution in [0.5, 0.6) is 0 Å². The summed E-state index contributed by atoms with van der Waals surface area (Å²) in [5.74, 6) is 1.51. The Balaban J connectivity index is 0.0000212. The molecule has 0 spiro atoms. The molecular formula is C42H80ClN3O. The lowest BCUT2D eigenvalue weighted by Crippen LogP contribution is -3.00. The highest BCUT2D eigenvalue weighted by Gasteiger charge is 2.39. The van der Waals surface area contributed by atoms with Crippen molar-refractivity contribution in [1.82, 2.24) is 5.32 Å². The number of nitrogens with zero attached hydrogens (tertiary/aromatic N) is 2. The first-order chi connectivity index (χ1) is 22.5. The van der Waals surface area contributed by atoms with Crippen LogP contribution in [0.2, 0.25) is 0 Å². The maximum absolute atomic E-state index is 12.7. The quantitative estimate of drug-likeness (QED) is 0.0419. The molecule has 0 aromatic carbocycles. The summed E-state index contributed by atoms with van der Waals surface area (Å²) in [7, 11) is 2.28.